The van der Waals surface area contributed by atoms with E-state index in [1.807, 2.05) is 31.2 Å². The lowest BCUT2D eigenvalue weighted by atomic mass is 10.1. The summed E-state index contributed by atoms with van der Waals surface area (Å²) in [6, 6.07) is 12.2. The lowest BCUT2D eigenvalue weighted by Crippen LogP contribution is -2.43. The Morgan fingerprint density at radius 3 is 2.45 bits per heavy atom. The molecule has 0 bridgehead atoms. The van der Waals surface area contributed by atoms with Gasteiger partial charge in [-0.25, -0.2) is 8.42 Å². The van der Waals surface area contributed by atoms with E-state index in [2.05, 4.69) is 0 Å². The van der Waals surface area contributed by atoms with Gasteiger partial charge in [-0.3, -0.25) is 4.79 Å². The van der Waals surface area contributed by atoms with Gasteiger partial charge in [-0.2, -0.15) is 0 Å². The molecule has 1 fully saturated rings. The Balaban J connectivity index is 1.73. The van der Waals surface area contributed by atoms with Gasteiger partial charge in [-0.15, -0.1) is 0 Å². The first-order valence-electron chi connectivity index (χ1n) is 9.29. The zero-order valence-electron chi connectivity index (χ0n) is 16.4. The van der Waals surface area contributed by atoms with Crippen molar-refractivity contribution in [1.29, 1.82) is 0 Å². The lowest BCUT2D eigenvalue weighted by molar-refractivity contribution is -0.136. The van der Waals surface area contributed by atoms with Crippen LogP contribution in [0.15, 0.2) is 42.5 Å². The number of sulfone groups is 1. The molecule has 0 radical (unpaired) electrons. The van der Waals surface area contributed by atoms with Crippen LogP contribution in [0.4, 0.5) is 0 Å². The molecule has 0 spiro atoms. The number of benzene rings is 2. The highest BCUT2D eigenvalue weighted by Gasteiger charge is 2.34. The van der Waals surface area contributed by atoms with Crippen molar-refractivity contribution >= 4 is 27.3 Å². The summed E-state index contributed by atoms with van der Waals surface area (Å²) in [7, 11) is -1.54. The number of ether oxygens (including phenoxy) is 2. The fraction of sp³-hybridized carbons (Fsp3) is 0.381. The summed E-state index contributed by atoms with van der Waals surface area (Å²) in [5.74, 6) is 1.09. The fourth-order valence-corrected chi connectivity index (χ4v) is 5.15. The second kappa shape index (κ2) is 9.05. The zero-order valence-corrected chi connectivity index (χ0v) is 18.0. The molecule has 1 saturated heterocycles. The lowest BCUT2D eigenvalue weighted by Gasteiger charge is -2.28. The minimum absolute atomic E-state index is 0.0189. The average Bonchev–Trinajstić information content (AvgIpc) is 3.06. The minimum atomic E-state index is -3.12. The molecule has 8 heteroatoms. The monoisotopic (exact) mass is 437 g/mol. The topological polar surface area (TPSA) is 72.9 Å². The number of nitrogens with zero attached hydrogens (tertiary/aromatic N) is 1. The van der Waals surface area contributed by atoms with Crippen LogP contribution in [0.1, 0.15) is 17.5 Å². The number of halogens is 1. The third-order valence-electron chi connectivity index (χ3n) is 4.97. The van der Waals surface area contributed by atoms with Gasteiger partial charge in [0, 0.05) is 17.6 Å². The first-order valence-corrected chi connectivity index (χ1v) is 11.5. The van der Waals surface area contributed by atoms with E-state index in [0.29, 0.717) is 23.7 Å². The number of amides is 1. The molecule has 1 heterocycles. The Hall–Kier alpha value is -2.25. The molecule has 29 heavy (non-hydrogen) atoms. The van der Waals surface area contributed by atoms with Crippen LogP contribution in [0.2, 0.25) is 5.02 Å². The number of rotatable bonds is 7. The predicted octanol–water partition coefficient (Wildman–Crippen LogP) is 3.25. The zero-order chi connectivity index (χ0) is 21.0. The maximum absolute atomic E-state index is 12.9. The number of hydrogen-bond acceptors (Lipinski definition) is 5. The standard InChI is InChI=1S/C21H24ClNO5S/c1-15-11-19(7-8-20(15)22)28-13-21(24)23(17-9-10-29(25,26)14-17)12-16-3-5-18(27-2)6-4-16/h3-8,11,17H,9-10,12-14H2,1-2H3. The van der Waals surface area contributed by atoms with E-state index in [4.69, 9.17) is 21.1 Å². The maximum Gasteiger partial charge on any atom is 0.261 e. The van der Waals surface area contributed by atoms with Crippen molar-refractivity contribution in [2.45, 2.75) is 25.9 Å². The van der Waals surface area contributed by atoms with E-state index >= 15 is 0 Å². The molecule has 0 aromatic heterocycles. The van der Waals surface area contributed by atoms with Gasteiger partial charge in [-0.1, -0.05) is 23.7 Å². The summed E-state index contributed by atoms with van der Waals surface area (Å²) in [6.07, 6.45) is 0.435. The van der Waals surface area contributed by atoms with Gasteiger partial charge in [0.25, 0.3) is 5.91 Å². The van der Waals surface area contributed by atoms with Crippen molar-refractivity contribution in [3.05, 3.63) is 58.6 Å². The average molecular weight is 438 g/mol. The van der Waals surface area contributed by atoms with E-state index in [1.54, 1.807) is 30.2 Å². The predicted molar refractivity (Wildman–Crippen MR) is 112 cm³/mol. The highest BCUT2D eigenvalue weighted by Crippen LogP contribution is 2.23. The summed E-state index contributed by atoms with van der Waals surface area (Å²) >= 11 is 6.02. The molecule has 0 aliphatic carbocycles. The highest BCUT2D eigenvalue weighted by molar-refractivity contribution is 7.91. The third-order valence-corrected chi connectivity index (χ3v) is 7.15. The number of methoxy groups -OCH3 is 1. The van der Waals surface area contributed by atoms with E-state index < -0.39 is 9.84 Å². The minimum Gasteiger partial charge on any atom is -0.497 e. The Kier molecular flexibility index (Phi) is 6.70. The highest BCUT2D eigenvalue weighted by atomic mass is 35.5. The van der Waals surface area contributed by atoms with E-state index in [9.17, 15) is 13.2 Å². The normalized spacial score (nSPS) is 17.7. The molecular formula is C21H24ClNO5S. The SMILES string of the molecule is COc1ccc(CN(C(=O)COc2ccc(Cl)c(C)c2)C2CCS(=O)(=O)C2)cc1. The van der Waals surface area contributed by atoms with Crippen LogP contribution < -0.4 is 9.47 Å². The van der Waals surface area contributed by atoms with Crippen molar-refractivity contribution in [2.24, 2.45) is 0 Å². The number of carbonyl (C=O) groups excluding carboxylic acids is 1. The first kappa shape index (κ1) is 21.5. The Morgan fingerprint density at radius 1 is 1.17 bits per heavy atom. The van der Waals surface area contributed by atoms with Crippen LogP contribution in [0.25, 0.3) is 0 Å². The summed E-state index contributed by atoms with van der Waals surface area (Å²) in [5.41, 5.74) is 1.75. The van der Waals surface area contributed by atoms with Crippen molar-refractivity contribution in [3.63, 3.8) is 0 Å². The Morgan fingerprint density at radius 2 is 1.86 bits per heavy atom. The first-order chi connectivity index (χ1) is 13.8. The van der Waals surface area contributed by atoms with Crippen LogP contribution in [0, 0.1) is 6.92 Å². The van der Waals surface area contributed by atoms with Crippen molar-refractivity contribution in [2.75, 3.05) is 25.2 Å². The molecule has 1 atom stereocenters. The number of hydrogen-bond donors (Lipinski definition) is 0. The Labute approximate surface area is 176 Å². The van der Waals surface area contributed by atoms with E-state index in [-0.39, 0.29) is 30.1 Å². The third kappa shape index (κ3) is 5.64. The molecule has 2 aromatic carbocycles. The molecule has 3 rings (SSSR count). The summed E-state index contributed by atoms with van der Waals surface area (Å²) in [6.45, 7) is 2.00. The van der Waals surface area contributed by atoms with Gasteiger partial charge in [0.1, 0.15) is 11.5 Å². The van der Waals surface area contributed by atoms with Gasteiger partial charge in [0.2, 0.25) is 0 Å². The summed E-state index contributed by atoms with van der Waals surface area (Å²) < 4.78 is 34.7. The van der Waals surface area contributed by atoms with Crippen LogP contribution in [0.3, 0.4) is 0 Å². The Bertz CT molecular complexity index is 975. The molecule has 2 aromatic rings. The number of aryl methyl sites for hydroxylation is 1. The molecule has 0 saturated carbocycles. The van der Waals surface area contributed by atoms with Gasteiger partial charge in [-0.05, 0) is 54.8 Å². The fourth-order valence-electron chi connectivity index (χ4n) is 3.30. The van der Waals surface area contributed by atoms with Gasteiger partial charge in [0.05, 0.1) is 18.6 Å². The van der Waals surface area contributed by atoms with Crippen molar-refractivity contribution in [3.8, 4) is 11.5 Å². The molecule has 1 aliphatic rings. The molecule has 6 nitrogen and oxygen atoms in total. The second-order valence-corrected chi connectivity index (χ2v) is 9.76. The molecule has 1 aliphatic heterocycles. The molecule has 1 unspecified atom stereocenters. The maximum atomic E-state index is 12.9. The second-order valence-electron chi connectivity index (χ2n) is 7.13. The van der Waals surface area contributed by atoms with E-state index in [1.165, 1.54) is 0 Å². The quantitative estimate of drug-likeness (QED) is 0.664. The van der Waals surface area contributed by atoms with Crippen LogP contribution in [-0.4, -0.2) is 50.5 Å². The molecule has 0 N–H and O–H groups in total. The summed E-state index contributed by atoms with van der Waals surface area (Å²) in [4.78, 5) is 14.6. The van der Waals surface area contributed by atoms with E-state index in [0.717, 1.165) is 16.9 Å². The number of carbonyl (C=O) groups is 1. The van der Waals surface area contributed by atoms with Gasteiger partial charge >= 0.3 is 0 Å². The summed E-state index contributed by atoms with van der Waals surface area (Å²) in [5, 5.41) is 0.626. The van der Waals surface area contributed by atoms with Crippen LogP contribution in [0.5, 0.6) is 11.5 Å². The van der Waals surface area contributed by atoms with Gasteiger partial charge in [0.15, 0.2) is 16.4 Å². The van der Waals surface area contributed by atoms with Crippen molar-refractivity contribution < 1.29 is 22.7 Å². The largest absolute Gasteiger partial charge is 0.497 e. The molecule has 1 amide bonds. The smallest absolute Gasteiger partial charge is 0.261 e. The van der Waals surface area contributed by atoms with Gasteiger partial charge < -0.3 is 14.4 Å². The van der Waals surface area contributed by atoms with Crippen molar-refractivity contribution in [1.82, 2.24) is 4.90 Å². The van der Waals surface area contributed by atoms with Crippen LogP contribution in [-0.2, 0) is 21.2 Å². The van der Waals surface area contributed by atoms with Crippen LogP contribution >= 0.6 is 11.6 Å². The molecule has 156 valence electrons. The molecular weight excluding hydrogens is 414 g/mol.